The lowest BCUT2D eigenvalue weighted by Gasteiger charge is -2.18. The van der Waals surface area contributed by atoms with Gasteiger partial charge in [0.25, 0.3) is 0 Å². The van der Waals surface area contributed by atoms with Gasteiger partial charge in [-0.1, -0.05) is 13.8 Å². The molecule has 0 spiro atoms. The molecule has 96 valence electrons. The first-order valence-electron chi connectivity index (χ1n) is 6.22. The summed E-state index contributed by atoms with van der Waals surface area (Å²) >= 11 is 0. The van der Waals surface area contributed by atoms with Crippen LogP contribution in [-0.2, 0) is 0 Å². The second-order valence-electron chi connectivity index (χ2n) is 4.04. The van der Waals surface area contributed by atoms with Gasteiger partial charge in [-0.25, -0.2) is 9.97 Å². The van der Waals surface area contributed by atoms with Gasteiger partial charge in [0.1, 0.15) is 18.0 Å². The molecule has 0 aliphatic heterocycles. The third kappa shape index (κ3) is 4.19. The third-order valence-electron chi connectivity index (χ3n) is 2.96. The smallest absolute Gasteiger partial charge is 0.134 e. The Morgan fingerprint density at radius 2 is 2.00 bits per heavy atom. The molecule has 1 aromatic heterocycles. The standard InChI is InChI=1S/C12H23N5/c1-4-17(5-2)8-6-7-14-12-10(3)11(13)15-9-16-12/h9H,4-8H2,1-3H3,(H3,13,14,15,16). The average Bonchev–Trinajstić information content (AvgIpc) is 2.34. The maximum Gasteiger partial charge on any atom is 0.134 e. The average molecular weight is 237 g/mol. The Morgan fingerprint density at radius 1 is 1.29 bits per heavy atom. The summed E-state index contributed by atoms with van der Waals surface area (Å²) in [6.07, 6.45) is 2.60. The molecule has 1 rings (SSSR count). The summed E-state index contributed by atoms with van der Waals surface area (Å²) in [5.41, 5.74) is 6.64. The molecule has 0 saturated heterocycles. The number of anilines is 2. The molecule has 1 heterocycles. The zero-order valence-electron chi connectivity index (χ0n) is 11.0. The number of nitrogen functional groups attached to an aromatic ring is 1. The van der Waals surface area contributed by atoms with Crippen LogP contribution in [0.15, 0.2) is 6.33 Å². The van der Waals surface area contributed by atoms with E-state index in [4.69, 9.17) is 5.73 Å². The first-order valence-corrected chi connectivity index (χ1v) is 6.22. The third-order valence-corrected chi connectivity index (χ3v) is 2.96. The van der Waals surface area contributed by atoms with Crippen molar-refractivity contribution in [2.75, 3.05) is 37.2 Å². The molecule has 0 aromatic carbocycles. The van der Waals surface area contributed by atoms with Gasteiger partial charge in [-0.15, -0.1) is 0 Å². The quantitative estimate of drug-likeness (QED) is 0.704. The van der Waals surface area contributed by atoms with Crippen molar-refractivity contribution in [1.29, 1.82) is 0 Å². The van der Waals surface area contributed by atoms with Gasteiger partial charge < -0.3 is 16.0 Å². The highest BCUT2D eigenvalue weighted by Crippen LogP contribution is 2.14. The van der Waals surface area contributed by atoms with Crippen LogP contribution in [0.4, 0.5) is 11.6 Å². The maximum absolute atomic E-state index is 5.72. The van der Waals surface area contributed by atoms with Crippen LogP contribution in [0, 0.1) is 6.92 Å². The number of aromatic nitrogens is 2. The van der Waals surface area contributed by atoms with Gasteiger partial charge in [0, 0.05) is 12.1 Å². The largest absolute Gasteiger partial charge is 0.383 e. The molecule has 0 fully saturated rings. The highest BCUT2D eigenvalue weighted by molar-refractivity contribution is 5.53. The number of nitrogens with one attached hydrogen (secondary N) is 1. The topological polar surface area (TPSA) is 67.1 Å². The lowest BCUT2D eigenvalue weighted by atomic mass is 10.3. The van der Waals surface area contributed by atoms with E-state index >= 15 is 0 Å². The van der Waals surface area contributed by atoms with E-state index in [0.29, 0.717) is 5.82 Å². The van der Waals surface area contributed by atoms with Gasteiger partial charge in [-0.3, -0.25) is 0 Å². The second-order valence-corrected chi connectivity index (χ2v) is 4.04. The zero-order valence-corrected chi connectivity index (χ0v) is 11.0. The Balaban J connectivity index is 2.33. The first kappa shape index (κ1) is 13.7. The maximum atomic E-state index is 5.72. The molecule has 0 amide bonds. The monoisotopic (exact) mass is 237 g/mol. The predicted octanol–water partition coefficient (Wildman–Crippen LogP) is 1.51. The summed E-state index contributed by atoms with van der Waals surface area (Å²) in [5, 5.41) is 3.30. The van der Waals surface area contributed by atoms with E-state index in [1.54, 1.807) is 0 Å². The Hall–Kier alpha value is -1.36. The van der Waals surface area contributed by atoms with Crippen LogP contribution >= 0.6 is 0 Å². The number of hydrogen-bond acceptors (Lipinski definition) is 5. The second kappa shape index (κ2) is 7.06. The van der Waals surface area contributed by atoms with Crippen LogP contribution in [0.5, 0.6) is 0 Å². The van der Waals surface area contributed by atoms with Crippen molar-refractivity contribution in [3.05, 3.63) is 11.9 Å². The van der Waals surface area contributed by atoms with Gasteiger partial charge in [-0.2, -0.15) is 0 Å². The summed E-state index contributed by atoms with van der Waals surface area (Å²) < 4.78 is 0. The Labute approximate surface area is 103 Å². The lowest BCUT2D eigenvalue weighted by Crippen LogP contribution is -2.25. The van der Waals surface area contributed by atoms with Crippen molar-refractivity contribution >= 4 is 11.6 Å². The van der Waals surface area contributed by atoms with E-state index in [-0.39, 0.29) is 0 Å². The predicted molar refractivity (Wildman–Crippen MR) is 72.1 cm³/mol. The van der Waals surface area contributed by atoms with Gasteiger partial charge in [-0.05, 0) is 33.0 Å². The number of rotatable bonds is 7. The minimum atomic E-state index is 0.547. The number of nitrogens with two attached hydrogens (primary N) is 1. The summed E-state index contributed by atoms with van der Waals surface area (Å²) in [6, 6.07) is 0. The minimum Gasteiger partial charge on any atom is -0.383 e. The van der Waals surface area contributed by atoms with Gasteiger partial charge in [0.2, 0.25) is 0 Å². The molecule has 0 saturated carbocycles. The van der Waals surface area contributed by atoms with Crippen LogP contribution in [-0.4, -0.2) is 41.0 Å². The van der Waals surface area contributed by atoms with Gasteiger partial charge >= 0.3 is 0 Å². The fraction of sp³-hybridized carbons (Fsp3) is 0.667. The Bertz CT molecular complexity index is 336. The molecule has 5 nitrogen and oxygen atoms in total. The summed E-state index contributed by atoms with van der Waals surface area (Å²) in [5.74, 6) is 1.39. The van der Waals surface area contributed by atoms with Crippen LogP contribution in [0.1, 0.15) is 25.8 Å². The molecule has 0 aliphatic rings. The van der Waals surface area contributed by atoms with E-state index in [0.717, 1.165) is 44.0 Å². The molecule has 5 heteroatoms. The zero-order chi connectivity index (χ0) is 12.7. The lowest BCUT2D eigenvalue weighted by molar-refractivity contribution is 0.303. The number of nitrogens with zero attached hydrogens (tertiary/aromatic N) is 3. The van der Waals surface area contributed by atoms with E-state index in [1.165, 1.54) is 6.33 Å². The molecule has 1 aromatic rings. The summed E-state index contributed by atoms with van der Waals surface area (Å²) in [6.45, 7) is 10.5. The Kier molecular flexibility index (Phi) is 5.69. The van der Waals surface area contributed by atoms with Crippen LogP contribution < -0.4 is 11.1 Å². The first-order chi connectivity index (χ1) is 8.19. The van der Waals surface area contributed by atoms with E-state index in [1.807, 2.05) is 6.92 Å². The molecule has 0 unspecified atom stereocenters. The minimum absolute atomic E-state index is 0.547. The van der Waals surface area contributed by atoms with Crippen LogP contribution in [0.2, 0.25) is 0 Å². The van der Waals surface area contributed by atoms with E-state index in [9.17, 15) is 0 Å². The fourth-order valence-corrected chi connectivity index (χ4v) is 1.69. The highest BCUT2D eigenvalue weighted by Gasteiger charge is 2.03. The highest BCUT2D eigenvalue weighted by atomic mass is 15.1. The summed E-state index contributed by atoms with van der Waals surface area (Å²) in [4.78, 5) is 10.5. The van der Waals surface area contributed by atoms with Crippen molar-refractivity contribution < 1.29 is 0 Å². The molecule has 0 atom stereocenters. The Morgan fingerprint density at radius 3 is 2.65 bits per heavy atom. The fourth-order valence-electron chi connectivity index (χ4n) is 1.69. The van der Waals surface area contributed by atoms with Crippen LogP contribution in [0.3, 0.4) is 0 Å². The van der Waals surface area contributed by atoms with Crippen molar-refractivity contribution in [3.8, 4) is 0 Å². The van der Waals surface area contributed by atoms with Crippen LogP contribution in [0.25, 0.3) is 0 Å². The number of hydrogen-bond donors (Lipinski definition) is 2. The van der Waals surface area contributed by atoms with Crippen molar-refractivity contribution in [1.82, 2.24) is 14.9 Å². The van der Waals surface area contributed by atoms with E-state index < -0.39 is 0 Å². The SMILES string of the molecule is CCN(CC)CCCNc1ncnc(N)c1C. The van der Waals surface area contributed by atoms with Gasteiger partial charge in [0.15, 0.2) is 0 Å². The van der Waals surface area contributed by atoms with Gasteiger partial charge in [0.05, 0.1) is 0 Å². The van der Waals surface area contributed by atoms with E-state index in [2.05, 4.69) is 34.0 Å². The molecule has 0 aliphatic carbocycles. The summed E-state index contributed by atoms with van der Waals surface area (Å²) in [7, 11) is 0. The van der Waals surface area contributed by atoms with Crippen molar-refractivity contribution in [2.24, 2.45) is 0 Å². The molecule has 3 N–H and O–H groups in total. The molecule has 0 radical (unpaired) electrons. The molecule has 17 heavy (non-hydrogen) atoms. The van der Waals surface area contributed by atoms with Crippen molar-refractivity contribution in [2.45, 2.75) is 27.2 Å². The molecule has 0 bridgehead atoms. The normalized spacial score (nSPS) is 10.8. The molecular weight excluding hydrogens is 214 g/mol. The molecular formula is C12H23N5. The van der Waals surface area contributed by atoms with Crippen molar-refractivity contribution in [3.63, 3.8) is 0 Å².